The van der Waals surface area contributed by atoms with Gasteiger partial charge in [-0.1, -0.05) is 0 Å². The molecule has 0 fully saturated rings. The highest BCUT2D eigenvalue weighted by atomic mass is 31.1. The summed E-state index contributed by atoms with van der Waals surface area (Å²) in [6, 6.07) is 0. The zero-order valence-electron chi connectivity index (χ0n) is 8.38. The van der Waals surface area contributed by atoms with Crippen molar-refractivity contribution in [2.24, 2.45) is 0 Å². The van der Waals surface area contributed by atoms with Crippen molar-refractivity contribution in [3.05, 3.63) is 0 Å². The molecule has 4 atom stereocenters. The van der Waals surface area contributed by atoms with Crippen LogP contribution in [0.5, 0.6) is 0 Å². The van der Waals surface area contributed by atoms with Crippen LogP contribution in [0.4, 0.5) is 0 Å². The normalized spacial score (nSPS) is 17.4. The third kappa shape index (κ3) is 6.06. The van der Waals surface area contributed by atoms with E-state index in [1.165, 1.54) is 0 Å². The van der Waals surface area contributed by atoms with Crippen LogP contribution in [0.2, 0.25) is 0 Å². The van der Waals surface area contributed by atoms with Crippen molar-refractivity contribution < 1.29 is 34.8 Å². The number of aliphatic hydroxyl groups excluding tert-OH is 3. The first-order valence-electron chi connectivity index (χ1n) is 4.47. The van der Waals surface area contributed by atoms with E-state index in [1.54, 1.807) is 0 Å². The third-order valence-electron chi connectivity index (χ3n) is 1.90. The number of hydrogen-bond acceptors (Lipinski definition) is 6. The number of carbonyl (C=O) groups is 1. The molecule has 0 saturated heterocycles. The summed E-state index contributed by atoms with van der Waals surface area (Å²) in [5, 5.41) is 36.7. The molecule has 0 aromatic rings. The van der Waals surface area contributed by atoms with E-state index < -0.39 is 32.9 Å². The Labute approximate surface area is 92.6 Å². The highest BCUT2D eigenvalue weighted by Crippen LogP contribution is 2.17. The van der Waals surface area contributed by atoms with Gasteiger partial charge in [0.05, 0.1) is 12.6 Å². The van der Waals surface area contributed by atoms with Crippen LogP contribution in [-0.4, -0.2) is 67.9 Å². The fourth-order valence-electron chi connectivity index (χ4n) is 1.01. The molecule has 0 aromatic heterocycles. The highest BCUT2D eigenvalue weighted by molar-refractivity contribution is 7.37. The summed E-state index contributed by atoms with van der Waals surface area (Å²) in [7, 11) is -2.42. The fraction of sp³-hybridized carbons (Fsp3) is 0.857. The van der Waals surface area contributed by atoms with Gasteiger partial charge in [-0.3, -0.25) is 10.0 Å². The number of carbonyl (C=O) groups excluding carboxylic acids is 1. The Morgan fingerprint density at radius 2 is 1.81 bits per heavy atom. The Morgan fingerprint density at radius 1 is 1.25 bits per heavy atom. The zero-order valence-corrected chi connectivity index (χ0v) is 9.27. The van der Waals surface area contributed by atoms with Crippen molar-refractivity contribution in [2.75, 3.05) is 12.7 Å². The molecule has 0 aromatic carbocycles. The molecule has 94 valence electrons. The summed E-state index contributed by atoms with van der Waals surface area (Å²) in [5.41, 5.74) is 0. The lowest BCUT2D eigenvalue weighted by Gasteiger charge is -2.23. The molecule has 0 aliphatic heterocycles. The van der Waals surface area contributed by atoms with Gasteiger partial charge in [0, 0.05) is 6.42 Å². The molecule has 1 unspecified atom stereocenters. The Balaban J connectivity index is 4.04. The van der Waals surface area contributed by atoms with Crippen molar-refractivity contribution in [2.45, 2.75) is 24.7 Å². The lowest BCUT2D eigenvalue weighted by Crippen LogP contribution is -2.43. The summed E-state index contributed by atoms with van der Waals surface area (Å²) in [5.74, 6) is 0. The first kappa shape index (κ1) is 15.4. The third-order valence-corrected chi connectivity index (χ3v) is 2.54. The Bertz CT molecular complexity index is 239. The number of amides is 1. The maximum absolute atomic E-state index is 10.3. The smallest absolute Gasteiger partial charge is 0.390 e. The average Bonchev–Trinajstić information content (AvgIpc) is 2.24. The van der Waals surface area contributed by atoms with Gasteiger partial charge < -0.3 is 15.3 Å². The van der Waals surface area contributed by atoms with Crippen LogP contribution in [0, 0.1) is 0 Å². The molecule has 0 aliphatic rings. The topological polar surface area (TPSA) is 139 Å². The van der Waals surface area contributed by atoms with Gasteiger partial charge in [-0.2, -0.15) is 4.89 Å². The average molecular weight is 256 g/mol. The second-order valence-corrected chi connectivity index (χ2v) is 4.37. The van der Waals surface area contributed by atoms with Crippen LogP contribution < -0.4 is 0 Å². The SMILES string of the molecule is O=CN(O)C[C@H](O)[C@H](O)[C@H](O)CC[P+](=O)O. The van der Waals surface area contributed by atoms with Crippen molar-refractivity contribution in [1.29, 1.82) is 0 Å². The van der Waals surface area contributed by atoms with Crippen LogP contribution in [-0.2, 0) is 9.36 Å². The predicted molar refractivity (Wildman–Crippen MR) is 51.9 cm³/mol. The first-order chi connectivity index (χ1) is 7.38. The Kier molecular flexibility index (Phi) is 7.31. The van der Waals surface area contributed by atoms with Gasteiger partial charge in [0.15, 0.2) is 6.16 Å². The van der Waals surface area contributed by atoms with E-state index in [1.807, 2.05) is 0 Å². The lowest BCUT2D eigenvalue weighted by molar-refractivity contribution is -0.163. The molecule has 0 heterocycles. The summed E-state index contributed by atoms with van der Waals surface area (Å²) in [4.78, 5) is 18.5. The molecule has 9 heteroatoms. The van der Waals surface area contributed by atoms with E-state index in [2.05, 4.69) is 0 Å². The van der Waals surface area contributed by atoms with Crippen LogP contribution in [0.15, 0.2) is 0 Å². The summed E-state index contributed by atoms with van der Waals surface area (Å²) >= 11 is 0. The van der Waals surface area contributed by atoms with Crippen molar-refractivity contribution in [1.82, 2.24) is 5.06 Å². The number of rotatable bonds is 8. The van der Waals surface area contributed by atoms with E-state index in [-0.39, 0.29) is 24.1 Å². The van der Waals surface area contributed by atoms with Gasteiger partial charge >= 0.3 is 8.03 Å². The minimum absolute atomic E-state index is 0.0347. The van der Waals surface area contributed by atoms with Gasteiger partial charge in [0.25, 0.3) is 0 Å². The van der Waals surface area contributed by atoms with E-state index >= 15 is 0 Å². The predicted octanol–water partition coefficient (Wildman–Crippen LogP) is -1.96. The second kappa shape index (κ2) is 7.61. The molecule has 0 spiro atoms. The fourth-order valence-corrected chi connectivity index (χ4v) is 1.50. The molecule has 0 bridgehead atoms. The molecule has 8 nitrogen and oxygen atoms in total. The van der Waals surface area contributed by atoms with E-state index in [0.717, 1.165) is 0 Å². The van der Waals surface area contributed by atoms with Crippen LogP contribution in [0.25, 0.3) is 0 Å². The number of aliphatic hydroxyl groups is 3. The largest absolute Gasteiger partial charge is 0.505 e. The molecule has 1 amide bonds. The van der Waals surface area contributed by atoms with E-state index in [9.17, 15) is 24.7 Å². The van der Waals surface area contributed by atoms with Gasteiger partial charge in [0.2, 0.25) is 6.41 Å². The monoisotopic (exact) mass is 256 g/mol. The van der Waals surface area contributed by atoms with Crippen molar-refractivity contribution >= 4 is 14.4 Å². The van der Waals surface area contributed by atoms with Crippen LogP contribution in [0.1, 0.15) is 6.42 Å². The van der Waals surface area contributed by atoms with Gasteiger partial charge in [-0.15, -0.1) is 0 Å². The van der Waals surface area contributed by atoms with Crippen molar-refractivity contribution in [3.63, 3.8) is 0 Å². The van der Waals surface area contributed by atoms with E-state index in [0.29, 0.717) is 0 Å². The highest BCUT2D eigenvalue weighted by Gasteiger charge is 2.28. The lowest BCUT2D eigenvalue weighted by atomic mass is 10.1. The number of nitrogens with zero attached hydrogens (tertiary/aromatic N) is 1. The standard InChI is InChI=1S/C7H14NO7P/c9-4-8(13)3-6(11)7(12)5(10)1-2-16(14)15/h4-7,10-13H,1-3H2/p+1/t5-,6+,7-/m1/s1. The first-order valence-corrected chi connectivity index (χ1v) is 5.86. The molecule has 0 radical (unpaired) electrons. The molecule has 5 N–H and O–H groups in total. The summed E-state index contributed by atoms with van der Waals surface area (Å²) in [6.45, 7) is -0.563. The second-order valence-electron chi connectivity index (χ2n) is 3.22. The maximum atomic E-state index is 10.3. The summed E-state index contributed by atoms with van der Waals surface area (Å²) in [6.07, 6.45) is -4.90. The van der Waals surface area contributed by atoms with Gasteiger partial charge in [-0.05, 0) is 4.57 Å². The molecule has 0 aliphatic carbocycles. The maximum Gasteiger partial charge on any atom is 0.505 e. The minimum Gasteiger partial charge on any atom is -0.390 e. The quantitative estimate of drug-likeness (QED) is 0.147. The number of hydroxylamine groups is 2. The van der Waals surface area contributed by atoms with Gasteiger partial charge in [-0.25, -0.2) is 5.06 Å². The van der Waals surface area contributed by atoms with Crippen molar-refractivity contribution in [3.8, 4) is 0 Å². The van der Waals surface area contributed by atoms with E-state index in [4.69, 9.17) is 10.1 Å². The minimum atomic E-state index is -2.42. The van der Waals surface area contributed by atoms with Gasteiger partial charge in [0.1, 0.15) is 12.2 Å². The van der Waals surface area contributed by atoms with Crippen LogP contribution >= 0.6 is 8.03 Å². The molecule has 0 saturated carbocycles. The summed E-state index contributed by atoms with van der Waals surface area (Å²) < 4.78 is 10.3. The van der Waals surface area contributed by atoms with Crippen LogP contribution in [0.3, 0.4) is 0 Å². The molecular formula is C7H15NO7P+. The molecule has 0 rings (SSSR count). The Morgan fingerprint density at radius 3 is 2.25 bits per heavy atom. The molecular weight excluding hydrogens is 241 g/mol. The Hall–Kier alpha value is -0.630. The molecule has 16 heavy (non-hydrogen) atoms. The zero-order chi connectivity index (χ0) is 12.7. The number of hydrogen-bond donors (Lipinski definition) is 5.